The van der Waals surface area contributed by atoms with Gasteiger partial charge in [-0.05, 0) is 23.8 Å². The van der Waals surface area contributed by atoms with Gasteiger partial charge in [0, 0.05) is 12.8 Å². The molecule has 2 amide bonds. The van der Waals surface area contributed by atoms with Crippen LogP contribution >= 0.6 is 0 Å². The summed E-state index contributed by atoms with van der Waals surface area (Å²) in [4.78, 5) is 24.9. The number of quaternary nitrogens is 1. The van der Waals surface area contributed by atoms with E-state index in [1.807, 2.05) is 43.3 Å². The third kappa shape index (κ3) is 1.94. The topological polar surface area (TPSA) is 54.4 Å². The highest BCUT2D eigenvalue weighted by atomic mass is 16.4. The van der Waals surface area contributed by atoms with Gasteiger partial charge in [0.05, 0.1) is 12.1 Å². The Labute approximate surface area is 123 Å². The summed E-state index contributed by atoms with van der Waals surface area (Å²) in [7, 11) is 0. The molecule has 1 heterocycles. The number of amides is 2. The second-order valence-corrected chi connectivity index (χ2v) is 5.70. The number of likely N-dealkylation sites (tertiary alicyclic amines) is 1. The van der Waals surface area contributed by atoms with E-state index in [4.69, 9.17) is 0 Å². The number of hydrogen-bond acceptors (Lipinski definition) is 2. The predicted molar refractivity (Wildman–Crippen MR) is 80.1 cm³/mol. The van der Waals surface area contributed by atoms with Gasteiger partial charge in [-0.3, -0.25) is 0 Å². The Morgan fingerprint density at radius 2 is 1.86 bits per heavy atom. The second-order valence-electron chi connectivity index (χ2n) is 5.70. The lowest BCUT2D eigenvalue weighted by Crippen LogP contribution is -2.58. The molecule has 0 aromatic heterocycles. The molecule has 1 aliphatic heterocycles. The summed E-state index contributed by atoms with van der Waals surface area (Å²) in [5.74, 6) is -0.302. The lowest BCUT2D eigenvalue weighted by atomic mass is 10.0. The highest BCUT2D eigenvalue weighted by Gasteiger charge is 2.53. The van der Waals surface area contributed by atoms with Gasteiger partial charge in [-0.1, -0.05) is 36.4 Å². The van der Waals surface area contributed by atoms with E-state index in [2.05, 4.69) is 0 Å². The highest BCUT2D eigenvalue weighted by Crippen LogP contribution is 2.32. The van der Waals surface area contributed by atoms with Crippen molar-refractivity contribution in [2.45, 2.75) is 25.8 Å². The molecule has 1 aliphatic rings. The maximum Gasteiger partial charge on any atom is 0.521 e. The zero-order chi connectivity index (χ0) is 15.0. The molecular formula is C17H18NO3+. The number of carbonyl (C=O) groups is 2. The van der Waals surface area contributed by atoms with Crippen LogP contribution in [0.5, 0.6) is 0 Å². The van der Waals surface area contributed by atoms with Crippen molar-refractivity contribution in [1.29, 1.82) is 0 Å². The van der Waals surface area contributed by atoms with Crippen molar-refractivity contribution in [3.05, 3.63) is 48.0 Å². The first kappa shape index (κ1) is 13.8. The Morgan fingerprint density at radius 3 is 2.52 bits per heavy atom. The first-order valence-electron chi connectivity index (χ1n) is 7.21. The number of hydrogen-bond donors (Lipinski definition) is 1. The van der Waals surface area contributed by atoms with E-state index in [1.54, 1.807) is 6.07 Å². The summed E-state index contributed by atoms with van der Waals surface area (Å²) in [5, 5.41) is 11.5. The molecule has 108 valence electrons. The first-order valence-corrected chi connectivity index (χ1v) is 7.21. The maximum atomic E-state index is 13.0. The van der Waals surface area contributed by atoms with E-state index in [-0.39, 0.29) is 11.9 Å². The highest BCUT2D eigenvalue weighted by molar-refractivity contribution is 6.06. The van der Waals surface area contributed by atoms with Gasteiger partial charge in [-0.25, -0.2) is 4.79 Å². The predicted octanol–water partition coefficient (Wildman–Crippen LogP) is 3.66. The third-order valence-corrected chi connectivity index (χ3v) is 4.61. The average molecular weight is 284 g/mol. The van der Waals surface area contributed by atoms with E-state index in [1.165, 1.54) is 0 Å². The van der Waals surface area contributed by atoms with Crippen LogP contribution in [-0.2, 0) is 0 Å². The molecule has 4 heteroatoms. The molecule has 0 bridgehead atoms. The molecule has 1 N–H and O–H groups in total. The summed E-state index contributed by atoms with van der Waals surface area (Å²) in [6, 6.07) is 12.9. The Kier molecular flexibility index (Phi) is 3.26. The van der Waals surface area contributed by atoms with Crippen molar-refractivity contribution in [3.63, 3.8) is 0 Å². The van der Waals surface area contributed by atoms with Gasteiger partial charge >= 0.3 is 12.0 Å². The lowest BCUT2D eigenvalue weighted by Gasteiger charge is -2.29. The number of fused-ring (bicyclic) bond motifs is 1. The summed E-state index contributed by atoms with van der Waals surface area (Å²) >= 11 is 0. The molecule has 1 unspecified atom stereocenters. The monoisotopic (exact) mass is 284 g/mol. The van der Waals surface area contributed by atoms with Crippen molar-refractivity contribution < 1.29 is 19.2 Å². The summed E-state index contributed by atoms with van der Waals surface area (Å²) in [6.07, 6.45) is 0.491. The molecular weight excluding hydrogens is 266 g/mol. The van der Waals surface area contributed by atoms with Crippen molar-refractivity contribution in [1.82, 2.24) is 0 Å². The SMILES string of the molecule is C[C@@H]1CCC[N+]1(C(=O)O)C(=O)c1cccc2ccccc12. The average Bonchev–Trinajstić information content (AvgIpc) is 2.88. The van der Waals surface area contributed by atoms with Crippen molar-refractivity contribution in [2.75, 3.05) is 6.54 Å². The number of rotatable bonds is 1. The van der Waals surface area contributed by atoms with Crippen molar-refractivity contribution in [3.8, 4) is 0 Å². The minimum atomic E-state index is -1.04. The van der Waals surface area contributed by atoms with Crippen molar-refractivity contribution >= 4 is 22.8 Å². The fourth-order valence-electron chi connectivity index (χ4n) is 3.38. The van der Waals surface area contributed by atoms with E-state index in [0.29, 0.717) is 12.1 Å². The van der Waals surface area contributed by atoms with E-state index >= 15 is 0 Å². The number of carboxylic acid groups (broad SMARTS) is 1. The summed E-state index contributed by atoms with van der Waals surface area (Å²) in [6.45, 7) is 2.22. The number of imide groups is 1. The maximum absolute atomic E-state index is 13.0. The summed E-state index contributed by atoms with van der Waals surface area (Å²) in [5.41, 5.74) is 0.504. The van der Waals surface area contributed by atoms with Crippen LogP contribution in [0.4, 0.5) is 4.79 Å². The lowest BCUT2D eigenvalue weighted by molar-refractivity contribution is -0.785. The zero-order valence-electron chi connectivity index (χ0n) is 12.0. The number of nitrogens with zero attached hydrogens (tertiary/aromatic N) is 1. The number of carbonyl (C=O) groups excluding carboxylic acids is 1. The van der Waals surface area contributed by atoms with Gasteiger partial charge < -0.3 is 5.11 Å². The normalized spacial score (nSPS) is 25.1. The van der Waals surface area contributed by atoms with Gasteiger partial charge in [-0.2, -0.15) is 9.28 Å². The van der Waals surface area contributed by atoms with E-state index < -0.39 is 10.6 Å². The quantitative estimate of drug-likeness (QED) is 0.813. The van der Waals surface area contributed by atoms with Gasteiger partial charge in [0.1, 0.15) is 6.04 Å². The molecule has 0 spiro atoms. The van der Waals surface area contributed by atoms with Crippen LogP contribution in [0.25, 0.3) is 10.8 Å². The standard InChI is InChI=1S/C17H17NO3/c1-12-6-5-11-18(12,17(20)21)16(19)15-10-4-8-13-7-2-3-9-14(13)15/h2-4,7-10,12H,5-6,11H2,1H3/p+1/t12-,18?/m1/s1. The number of benzene rings is 2. The molecule has 2 atom stereocenters. The molecule has 0 aliphatic carbocycles. The minimum Gasteiger partial charge on any atom is -0.435 e. The Balaban J connectivity index is 2.18. The second kappa shape index (κ2) is 4.97. The van der Waals surface area contributed by atoms with Crippen LogP contribution in [0.2, 0.25) is 0 Å². The Bertz CT molecular complexity index is 720. The molecule has 21 heavy (non-hydrogen) atoms. The van der Waals surface area contributed by atoms with Gasteiger partial charge in [-0.15, -0.1) is 0 Å². The van der Waals surface area contributed by atoms with Crippen LogP contribution < -0.4 is 0 Å². The third-order valence-electron chi connectivity index (χ3n) is 4.61. The molecule has 2 aromatic carbocycles. The molecule has 0 saturated carbocycles. The smallest absolute Gasteiger partial charge is 0.435 e. The van der Waals surface area contributed by atoms with Crippen LogP contribution in [0.15, 0.2) is 42.5 Å². The molecule has 2 aromatic rings. The van der Waals surface area contributed by atoms with E-state index in [0.717, 1.165) is 23.6 Å². The molecule has 1 fully saturated rings. The van der Waals surface area contributed by atoms with Crippen molar-refractivity contribution in [2.24, 2.45) is 0 Å². The first-order chi connectivity index (χ1) is 10.1. The van der Waals surface area contributed by atoms with E-state index in [9.17, 15) is 14.7 Å². The summed E-state index contributed by atoms with van der Waals surface area (Å²) < 4.78 is -0.478. The van der Waals surface area contributed by atoms with Gasteiger partial charge in [0.2, 0.25) is 0 Å². The Hall–Kier alpha value is -2.20. The Morgan fingerprint density at radius 1 is 1.14 bits per heavy atom. The molecule has 4 nitrogen and oxygen atoms in total. The zero-order valence-corrected chi connectivity index (χ0v) is 12.0. The van der Waals surface area contributed by atoms with Crippen LogP contribution in [0.1, 0.15) is 30.1 Å². The van der Waals surface area contributed by atoms with Crippen LogP contribution in [0, 0.1) is 0 Å². The van der Waals surface area contributed by atoms with Gasteiger partial charge in [0.15, 0.2) is 0 Å². The van der Waals surface area contributed by atoms with Gasteiger partial charge in [0.25, 0.3) is 0 Å². The molecule has 0 radical (unpaired) electrons. The van der Waals surface area contributed by atoms with Crippen LogP contribution in [-0.4, -0.2) is 34.2 Å². The molecule has 3 rings (SSSR count). The fourth-order valence-corrected chi connectivity index (χ4v) is 3.38. The minimum absolute atomic E-state index is 0.186. The fraction of sp³-hybridized carbons (Fsp3) is 0.294. The largest absolute Gasteiger partial charge is 0.521 e. The molecule has 1 saturated heterocycles. The van der Waals surface area contributed by atoms with Crippen LogP contribution in [0.3, 0.4) is 0 Å².